The van der Waals surface area contributed by atoms with Crippen LogP contribution < -0.4 is 0 Å². The predicted molar refractivity (Wildman–Crippen MR) is 217 cm³/mol. The molecule has 0 bridgehead atoms. The average molecular weight is 668 g/mol. The normalized spacial score (nSPS) is 11.9. The van der Waals surface area contributed by atoms with Crippen molar-refractivity contribution in [3.63, 3.8) is 0 Å². The van der Waals surface area contributed by atoms with Gasteiger partial charge < -0.3 is 8.98 Å². The van der Waals surface area contributed by atoms with Crippen LogP contribution in [0.4, 0.5) is 0 Å². The molecule has 0 saturated heterocycles. The Balaban J connectivity index is 0.963. The van der Waals surface area contributed by atoms with Crippen LogP contribution in [0.5, 0.6) is 0 Å². The third kappa shape index (κ3) is 4.42. The second kappa shape index (κ2) is 11.0. The third-order valence-electron chi connectivity index (χ3n) is 10.4. The summed E-state index contributed by atoms with van der Waals surface area (Å²) in [4.78, 5) is 0. The monoisotopic (exact) mass is 667 g/mol. The number of thiophene rings is 1. The Labute approximate surface area is 298 Å². The van der Waals surface area contributed by atoms with Crippen molar-refractivity contribution >= 4 is 75.3 Å². The highest BCUT2D eigenvalue weighted by Crippen LogP contribution is 2.40. The second-order valence-electron chi connectivity index (χ2n) is 13.3. The van der Waals surface area contributed by atoms with E-state index in [2.05, 4.69) is 168 Å². The number of nitrogens with zero attached hydrogens (tertiary/aromatic N) is 1. The molecular weight excluding hydrogens is 639 g/mol. The highest BCUT2D eigenvalue weighted by atomic mass is 32.1. The van der Waals surface area contributed by atoms with Gasteiger partial charge in [-0.25, -0.2) is 0 Å². The molecule has 3 heterocycles. The van der Waals surface area contributed by atoms with E-state index >= 15 is 0 Å². The molecule has 0 atom stereocenters. The van der Waals surface area contributed by atoms with Gasteiger partial charge in [0.15, 0.2) is 0 Å². The van der Waals surface area contributed by atoms with E-state index in [0.29, 0.717) is 0 Å². The highest BCUT2D eigenvalue weighted by molar-refractivity contribution is 7.25. The largest absolute Gasteiger partial charge is 0.455 e. The molecule has 0 aliphatic heterocycles. The predicted octanol–water partition coefficient (Wildman–Crippen LogP) is 14.1. The zero-order valence-electron chi connectivity index (χ0n) is 27.5. The summed E-state index contributed by atoms with van der Waals surface area (Å²) in [6.07, 6.45) is 0. The van der Waals surface area contributed by atoms with E-state index in [1.807, 2.05) is 23.5 Å². The molecule has 0 N–H and O–H groups in total. The van der Waals surface area contributed by atoms with Gasteiger partial charge in [0, 0.05) is 53.0 Å². The summed E-state index contributed by atoms with van der Waals surface area (Å²) in [5.74, 6) is 0. The molecule has 3 aromatic heterocycles. The number of hydrogen-bond donors (Lipinski definition) is 0. The van der Waals surface area contributed by atoms with Crippen molar-refractivity contribution in [2.24, 2.45) is 0 Å². The number of rotatable bonds is 4. The van der Waals surface area contributed by atoms with Gasteiger partial charge in [0.25, 0.3) is 0 Å². The molecule has 2 nitrogen and oxygen atoms in total. The molecule has 0 amide bonds. The minimum Gasteiger partial charge on any atom is -0.455 e. The second-order valence-corrected chi connectivity index (χ2v) is 14.4. The first-order valence-corrected chi connectivity index (χ1v) is 18.1. The van der Waals surface area contributed by atoms with E-state index in [4.69, 9.17) is 4.42 Å². The van der Waals surface area contributed by atoms with Crippen molar-refractivity contribution < 1.29 is 4.42 Å². The van der Waals surface area contributed by atoms with E-state index in [1.54, 1.807) is 0 Å². The molecule has 11 rings (SSSR count). The Morgan fingerprint density at radius 2 is 0.961 bits per heavy atom. The lowest BCUT2D eigenvalue weighted by molar-refractivity contribution is 0.670. The van der Waals surface area contributed by atoms with Crippen LogP contribution in [0.15, 0.2) is 180 Å². The average Bonchev–Trinajstić information content (AvgIpc) is 3.87. The van der Waals surface area contributed by atoms with Gasteiger partial charge >= 0.3 is 0 Å². The zero-order chi connectivity index (χ0) is 33.5. The van der Waals surface area contributed by atoms with Crippen molar-refractivity contribution in [2.45, 2.75) is 0 Å². The van der Waals surface area contributed by atoms with Crippen LogP contribution in [-0.4, -0.2) is 4.57 Å². The fourth-order valence-corrected chi connectivity index (χ4v) is 9.04. The van der Waals surface area contributed by atoms with Crippen molar-refractivity contribution in [1.82, 2.24) is 4.57 Å². The lowest BCUT2D eigenvalue weighted by Gasteiger charge is -2.10. The van der Waals surface area contributed by atoms with E-state index in [1.165, 1.54) is 64.2 Å². The maximum absolute atomic E-state index is 6.35. The lowest BCUT2D eigenvalue weighted by atomic mass is 9.98. The summed E-state index contributed by atoms with van der Waals surface area (Å²) in [7, 11) is 0. The van der Waals surface area contributed by atoms with Crippen LogP contribution >= 0.6 is 11.3 Å². The highest BCUT2D eigenvalue weighted by Gasteiger charge is 2.16. The summed E-state index contributed by atoms with van der Waals surface area (Å²) in [5, 5.41) is 7.46. The van der Waals surface area contributed by atoms with Crippen molar-refractivity contribution in [1.29, 1.82) is 0 Å². The zero-order valence-corrected chi connectivity index (χ0v) is 28.3. The first-order chi connectivity index (χ1) is 25.3. The van der Waals surface area contributed by atoms with E-state index < -0.39 is 0 Å². The van der Waals surface area contributed by atoms with Gasteiger partial charge in [-0.1, -0.05) is 121 Å². The van der Waals surface area contributed by atoms with E-state index in [-0.39, 0.29) is 0 Å². The van der Waals surface area contributed by atoms with Crippen molar-refractivity contribution in [3.05, 3.63) is 176 Å². The molecule has 8 aromatic carbocycles. The Morgan fingerprint density at radius 3 is 1.78 bits per heavy atom. The summed E-state index contributed by atoms with van der Waals surface area (Å²) in [5.41, 5.74) is 12.5. The van der Waals surface area contributed by atoms with Crippen LogP contribution in [0.3, 0.4) is 0 Å². The van der Waals surface area contributed by atoms with Gasteiger partial charge in [-0.05, 0) is 82.4 Å². The molecule has 11 aromatic rings. The maximum Gasteiger partial charge on any atom is 0.143 e. The summed E-state index contributed by atoms with van der Waals surface area (Å²) in [6, 6.07) is 63.8. The lowest BCUT2D eigenvalue weighted by Crippen LogP contribution is -1.93. The minimum atomic E-state index is 0.918. The Kier molecular flexibility index (Phi) is 6.16. The molecule has 0 unspecified atom stereocenters. The molecule has 0 aliphatic rings. The van der Waals surface area contributed by atoms with Gasteiger partial charge in [0.2, 0.25) is 0 Å². The van der Waals surface area contributed by atoms with E-state index in [0.717, 1.165) is 38.8 Å². The molecule has 0 spiro atoms. The Hall–Kier alpha value is -6.42. The molecule has 0 aliphatic carbocycles. The quantitative estimate of drug-likeness (QED) is 0.183. The summed E-state index contributed by atoms with van der Waals surface area (Å²) >= 11 is 1.86. The number of para-hydroxylation sites is 3. The fraction of sp³-hybridized carbons (Fsp3) is 0. The minimum absolute atomic E-state index is 0.918. The SMILES string of the molecule is c1ccc2c(c1)oc1c(-c3ccc(-n4c5ccccc5c5cc(-c6ccc(-c7ccc8sc9ccccc9c8c7)cc6)ccc54)cc3)cccc12. The van der Waals surface area contributed by atoms with Crippen LogP contribution in [0.2, 0.25) is 0 Å². The molecule has 0 radical (unpaired) electrons. The molecule has 0 fully saturated rings. The molecule has 0 saturated carbocycles. The van der Waals surface area contributed by atoms with Gasteiger partial charge in [-0.2, -0.15) is 0 Å². The number of furan rings is 1. The number of hydrogen-bond acceptors (Lipinski definition) is 2. The smallest absolute Gasteiger partial charge is 0.143 e. The topological polar surface area (TPSA) is 18.1 Å². The van der Waals surface area contributed by atoms with Crippen molar-refractivity contribution in [2.75, 3.05) is 0 Å². The molecule has 51 heavy (non-hydrogen) atoms. The Bertz CT molecular complexity index is 3120. The first kappa shape index (κ1) is 28.4. The summed E-state index contributed by atoms with van der Waals surface area (Å²) < 4.78 is 11.4. The fourth-order valence-electron chi connectivity index (χ4n) is 7.96. The van der Waals surface area contributed by atoms with Crippen LogP contribution in [0.1, 0.15) is 0 Å². The molecule has 3 heteroatoms. The number of benzene rings is 8. The molecular formula is C48H29NOS. The first-order valence-electron chi connectivity index (χ1n) is 17.3. The van der Waals surface area contributed by atoms with Gasteiger partial charge in [0.05, 0.1) is 11.0 Å². The van der Waals surface area contributed by atoms with Crippen LogP contribution in [0.25, 0.3) is 103 Å². The van der Waals surface area contributed by atoms with Crippen molar-refractivity contribution in [3.8, 4) is 39.1 Å². The van der Waals surface area contributed by atoms with Gasteiger partial charge in [-0.15, -0.1) is 11.3 Å². The van der Waals surface area contributed by atoms with Crippen LogP contribution in [-0.2, 0) is 0 Å². The number of fused-ring (bicyclic) bond motifs is 9. The summed E-state index contributed by atoms with van der Waals surface area (Å²) in [6.45, 7) is 0. The number of aromatic nitrogens is 1. The third-order valence-corrected chi connectivity index (χ3v) is 11.6. The van der Waals surface area contributed by atoms with Gasteiger partial charge in [0.1, 0.15) is 11.2 Å². The van der Waals surface area contributed by atoms with Crippen LogP contribution in [0, 0.1) is 0 Å². The molecule has 238 valence electrons. The standard InChI is InChI=1S/C48H29NOS/c1-4-13-43-37(8-1)41-28-33(30-16-18-31(19-17-30)34-23-27-47-42(29-34)39-10-3-6-15-46(39)51-47)22-26-44(41)49(43)35-24-20-32(21-25-35)36-11-7-12-40-38-9-2-5-14-45(38)50-48(36)40/h1-29H. The maximum atomic E-state index is 6.35. The van der Waals surface area contributed by atoms with Gasteiger partial charge in [-0.3, -0.25) is 0 Å². The van der Waals surface area contributed by atoms with E-state index in [9.17, 15) is 0 Å². The Morgan fingerprint density at radius 1 is 0.373 bits per heavy atom.